The summed E-state index contributed by atoms with van der Waals surface area (Å²) >= 11 is 4.54. The molecule has 0 radical (unpaired) electrons. The quantitative estimate of drug-likeness (QED) is 0.515. The summed E-state index contributed by atoms with van der Waals surface area (Å²) in [7, 11) is 0. The van der Waals surface area contributed by atoms with Crippen molar-refractivity contribution < 1.29 is 10.0 Å². The van der Waals surface area contributed by atoms with Crippen molar-refractivity contribution >= 4 is 38.9 Å². The van der Waals surface area contributed by atoms with Gasteiger partial charge in [0.2, 0.25) is 5.71 Å². The monoisotopic (exact) mass is 325 g/mol. The Balaban J connectivity index is 2.36. The van der Waals surface area contributed by atoms with Crippen LogP contribution in [0.25, 0.3) is 11.3 Å². The van der Waals surface area contributed by atoms with Crippen LogP contribution in [0.2, 0.25) is 0 Å². The molecule has 1 heterocycles. The summed E-state index contributed by atoms with van der Waals surface area (Å²) in [4.78, 5) is 15.2. The number of nitrogens with two attached hydrogens (primary N) is 1. The van der Waals surface area contributed by atoms with Crippen molar-refractivity contribution in [2.45, 2.75) is 0 Å². The van der Waals surface area contributed by atoms with Gasteiger partial charge in [-0.3, -0.25) is 4.79 Å². The Bertz CT molecular complexity index is 607. The van der Waals surface area contributed by atoms with Crippen molar-refractivity contribution in [2.24, 2.45) is 10.9 Å². The van der Waals surface area contributed by atoms with Crippen LogP contribution in [0.4, 0.5) is 0 Å². The first kappa shape index (κ1) is 12.7. The number of hydrogen-bond acceptors (Lipinski definition) is 5. The average molecular weight is 326 g/mol. The van der Waals surface area contributed by atoms with E-state index in [1.807, 2.05) is 24.3 Å². The molecule has 1 aromatic heterocycles. The van der Waals surface area contributed by atoms with Gasteiger partial charge in [0, 0.05) is 15.4 Å². The van der Waals surface area contributed by atoms with Gasteiger partial charge >= 0.3 is 0 Å². The molecule has 2 rings (SSSR count). The fraction of sp³-hybridized carbons (Fsp3) is 0. The Morgan fingerprint density at radius 3 is 2.61 bits per heavy atom. The largest absolute Gasteiger partial charge is 0.410 e. The molecule has 0 saturated carbocycles. The lowest BCUT2D eigenvalue weighted by Gasteiger charge is -1.96. The zero-order valence-corrected chi connectivity index (χ0v) is 11.4. The number of oxime groups is 1. The maximum atomic E-state index is 11.0. The molecule has 18 heavy (non-hydrogen) atoms. The SMILES string of the molecule is NC(=O)/C(=N/O)c1nc(-c2ccc(Br)cc2)cs1. The second-order valence-electron chi connectivity index (χ2n) is 3.36. The number of primary amides is 1. The molecule has 0 bridgehead atoms. The number of carbonyl (C=O) groups is 1. The second-order valence-corrected chi connectivity index (χ2v) is 5.13. The lowest BCUT2D eigenvalue weighted by Crippen LogP contribution is -2.24. The summed E-state index contributed by atoms with van der Waals surface area (Å²) in [5.41, 5.74) is 6.45. The zero-order valence-electron chi connectivity index (χ0n) is 9.00. The molecule has 2 aromatic rings. The van der Waals surface area contributed by atoms with Crippen LogP contribution in [0, 0.1) is 0 Å². The van der Waals surface area contributed by atoms with Crippen molar-refractivity contribution in [1.82, 2.24) is 4.98 Å². The molecule has 0 aliphatic heterocycles. The summed E-state index contributed by atoms with van der Waals surface area (Å²) < 4.78 is 0.969. The fourth-order valence-electron chi connectivity index (χ4n) is 1.33. The van der Waals surface area contributed by atoms with E-state index in [4.69, 9.17) is 10.9 Å². The molecule has 92 valence electrons. The lowest BCUT2D eigenvalue weighted by molar-refractivity contribution is -0.112. The van der Waals surface area contributed by atoms with Gasteiger partial charge < -0.3 is 10.9 Å². The van der Waals surface area contributed by atoms with E-state index in [1.165, 1.54) is 11.3 Å². The highest BCUT2D eigenvalue weighted by Gasteiger charge is 2.16. The van der Waals surface area contributed by atoms with Gasteiger partial charge in [0.25, 0.3) is 5.91 Å². The number of halogens is 1. The van der Waals surface area contributed by atoms with Crippen LogP contribution < -0.4 is 5.73 Å². The van der Waals surface area contributed by atoms with E-state index in [0.29, 0.717) is 10.7 Å². The van der Waals surface area contributed by atoms with Gasteiger partial charge in [-0.25, -0.2) is 4.98 Å². The summed E-state index contributed by atoms with van der Waals surface area (Å²) in [6.07, 6.45) is 0. The molecule has 7 heteroatoms. The molecule has 0 spiro atoms. The standard InChI is InChI=1S/C11H8BrN3O2S/c12-7-3-1-6(2-4-7)8-5-18-11(14-8)9(15-17)10(13)16/h1-5,17H,(H2,13,16)/b15-9-. The number of nitrogens with zero attached hydrogens (tertiary/aromatic N) is 2. The third-order valence-corrected chi connectivity index (χ3v) is 3.56. The Morgan fingerprint density at radius 2 is 2.06 bits per heavy atom. The van der Waals surface area contributed by atoms with E-state index in [9.17, 15) is 4.79 Å². The first-order valence-electron chi connectivity index (χ1n) is 4.85. The van der Waals surface area contributed by atoms with E-state index < -0.39 is 5.91 Å². The van der Waals surface area contributed by atoms with Gasteiger partial charge in [-0.1, -0.05) is 33.2 Å². The molecule has 5 nitrogen and oxygen atoms in total. The summed E-state index contributed by atoms with van der Waals surface area (Å²) in [6.45, 7) is 0. The Kier molecular flexibility index (Phi) is 3.73. The zero-order chi connectivity index (χ0) is 13.1. The molecular formula is C11H8BrN3O2S. The second kappa shape index (κ2) is 5.28. The van der Waals surface area contributed by atoms with Crippen molar-refractivity contribution in [3.05, 3.63) is 39.1 Å². The molecule has 0 aliphatic carbocycles. The van der Waals surface area contributed by atoms with Crippen LogP contribution >= 0.6 is 27.3 Å². The van der Waals surface area contributed by atoms with E-state index in [2.05, 4.69) is 26.1 Å². The van der Waals surface area contributed by atoms with Crippen LogP contribution in [0.3, 0.4) is 0 Å². The van der Waals surface area contributed by atoms with Gasteiger partial charge in [-0.15, -0.1) is 11.3 Å². The maximum absolute atomic E-state index is 11.0. The van der Waals surface area contributed by atoms with E-state index in [1.54, 1.807) is 5.38 Å². The molecular weight excluding hydrogens is 318 g/mol. The third kappa shape index (κ3) is 2.57. The highest BCUT2D eigenvalue weighted by molar-refractivity contribution is 9.10. The predicted octanol–water partition coefficient (Wildman–Crippen LogP) is 2.24. The third-order valence-electron chi connectivity index (χ3n) is 2.18. The van der Waals surface area contributed by atoms with Crippen molar-refractivity contribution in [1.29, 1.82) is 0 Å². The number of thiazole rings is 1. The van der Waals surface area contributed by atoms with Gasteiger partial charge in [-0.2, -0.15) is 0 Å². The maximum Gasteiger partial charge on any atom is 0.273 e. The van der Waals surface area contributed by atoms with E-state index in [-0.39, 0.29) is 5.71 Å². The van der Waals surface area contributed by atoms with Crippen LogP contribution in [-0.4, -0.2) is 21.8 Å². The van der Waals surface area contributed by atoms with Gasteiger partial charge in [0.1, 0.15) is 0 Å². The predicted molar refractivity (Wildman–Crippen MR) is 72.8 cm³/mol. The molecule has 0 atom stereocenters. The smallest absolute Gasteiger partial charge is 0.273 e. The minimum absolute atomic E-state index is 0.233. The number of rotatable bonds is 3. The first-order valence-corrected chi connectivity index (χ1v) is 6.53. The number of amides is 1. The number of carbonyl (C=O) groups excluding carboxylic acids is 1. The van der Waals surface area contributed by atoms with Crippen LogP contribution in [0.5, 0.6) is 0 Å². The molecule has 0 unspecified atom stereocenters. The van der Waals surface area contributed by atoms with E-state index in [0.717, 1.165) is 10.0 Å². The van der Waals surface area contributed by atoms with Gasteiger partial charge in [-0.05, 0) is 12.1 Å². The van der Waals surface area contributed by atoms with Crippen LogP contribution in [0.15, 0.2) is 39.3 Å². The highest BCUT2D eigenvalue weighted by atomic mass is 79.9. The van der Waals surface area contributed by atoms with Crippen LogP contribution in [-0.2, 0) is 4.79 Å². The molecule has 1 amide bonds. The normalized spacial score (nSPS) is 11.5. The summed E-state index contributed by atoms with van der Waals surface area (Å²) in [5.74, 6) is -0.811. The molecule has 3 N–H and O–H groups in total. The Hall–Kier alpha value is -1.73. The Labute approximate surface area is 115 Å². The minimum atomic E-state index is -0.811. The van der Waals surface area contributed by atoms with Crippen molar-refractivity contribution in [3.63, 3.8) is 0 Å². The number of aromatic nitrogens is 1. The molecule has 1 aromatic carbocycles. The Morgan fingerprint density at radius 1 is 1.39 bits per heavy atom. The number of benzene rings is 1. The highest BCUT2D eigenvalue weighted by Crippen LogP contribution is 2.23. The van der Waals surface area contributed by atoms with Crippen molar-refractivity contribution in [3.8, 4) is 11.3 Å². The fourth-order valence-corrected chi connectivity index (χ4v) is 2.41. The molecule has 0 saturated heterocycles. The summed E-state index contributed by atoms with van der Waals surface area (Å²) in [6, 6.07) is 7.57. The topological polar surface area (TPSA) is 88.6 Å². The average Bonchev–Trinajstić information content (AvgIpc) is 2.80. The lowest BCUT2D eigenvalue weighted by atomic mass is 10.2. The molecule has 0 aliphatic rings. The first-order chi connectivity index (χ1) is 8.61. The van der Waals surface area contributed by atoms with Gasteiger partial charge in [0.05, 0.1) is 5.69 Å². The van der Waals surface area contributed by atoms with Crippen molar-refractivity contribution in [2.75, 3.05) is 0 Å². The van der Waals surface area contributed by atoms with E-state index >= 15 is 0 Å². The minimum Gasteiger partial charge on any atom is -0.410 e. The summed E-state index contributed by atoms with van der Waals surface area (Å²) in [5, 5.41) is 13.6. The van der Waals surface area contributed by atoms with Crippen LogP contribution in [0.1, 0.15) is 5.01 Å². The van der Waals surface area contributed by atoms with Gasteiger partial charge in [0.15, 0.2) is 5.01 Å². The molecule has 0 fully saturated rings. The number of hydrogen-bond donors (Lipinski definition) is 2.